The Bertz CT molecular complexity index is 951. The van der Waals surface area contributed by atoms with Crippen molar-refractivity contribution in [2.45, 2.75) is 19.1 Å². The van der Waals surface area contributed by atoms with Gasteiger partial charge in [0.15, 0.2) is 0 Å². The van der Waals surface area contributed by atoms with Crippen molar-refractivity contribution in [1.82, 2.24) is 0 Å². The van der Waals surface area contributed by atoms with Crippen molar-refractivity contribution in [2.24, 2.45) is 0 Å². The first-order chi connectivity index (χ1) is 11.8. The van der Waals surface area contributed by atoms with Crippen LogP contribution in [0.2, 0.25) is 0 Å². The summed E-state index contributed by atoms with van der Waals surface area (Å²) in [6, 6.07) is 13.7. The lowest BCUT2D eigenvalue weighted by molar-refractivity contribution is 0.598. The Morgan fingerprint density at radius 2 is 1.68 bits per heavy atom. The molecule has 2 aromatic rings. The molecule has 8 heteroatoms. The van der Waals surface area contributed by atoms with E-state index < -0.39 is 20.0 Å². The van der Waals surface area contributed by atoms with Gasteiger partial charge in [-0.15, -0.1) is 0 Å². The summed E-state index contributed by atoms with van der Waals surface area (Å²) in [5.41, 5.74) is 2.74. The van der Waals surface area contributed by atoms with Gasteiger partial charge in [-0.25, -0.2) is 16.8 Å². The van der Waals surface area contributed by atoms with Gasteiger partial charge in [0, 0.05) is 12.2 Å². The average molecular weight is 380 g/mol. The summed E-state index contributed by atoms with van der Waals surface area (Å²) in [5.74, 6) is 0.0352. The van der Waals surface area contributed by atoms with Gasteiger partial charge in [-0.2, -0.15) is 0 Å². The fourth-order valence-corrected chi connectivity index (χ4v) is 5.51. The second kappa shape index (κ2) is 6.68. The molecule has 0 radical (unpaired) electrons. The summed E-state index contributed by atoms with van der Waals surface area (Å²) < 4.78 is 52.3. The van der Waals surface area contributed by atoms with Crippen LogP contribution in [0.15, 0.2) is 48.5 Å². The van der Waals surface area contributed by atoms with E-state index in [0.717, 1.165) is 5.56 Å². The number of benzene rings is 2. The van der Waals surface area contributed by atoms with E-state index >= 15 is 0 Å². The molecule has 0 amide bonds. The number of rotatable bonds is 5. The third-order valence-electron chi connectivity index (χ3n) is 4.01. The molecule has 0 aromatic heterocycles. The molecular weight excluding hydrogens is 360 g/mol. The lowest BCUT2D eigenvalue weighted by Crippen LogP contribution is -2.25. The highest BCUT2D eigenvalue weighted by atomic mass is 32.2. The SMILES string of the molecule is Cc1ccc(CS(=O)(=O)Nc2ccc(N3CCCS3(=O)=O)cc2)cc1. The maximum absolute atomic E-state index is 12.3. The Kier molecular flexibility index (Phi) is 4.75. The Morgan fingerprint density at radius 1 is 1.04 bits per heavy atom. The zero-order valence-electron chi connectivity index (χ0n) is 13.8. The Balaban J connectivity index is 1.71. The van der Waals surface area contributed by atoms with Crippen molar-refractivity contribution < 1.29 is 16.8 Å². The molecule has 1 N–H and O–H groups in total. The smallest absolute Gasteiger partial charge is 0.236 e. The van der Waals surface area contributed by atoms with E-state index in [1.54, 1.807) is 36.4 Å². The van der Waals surface area contributed by atoms with Gasteiger partial charge >= 0.3 is 0 Å². The molecule has 1 aliphatic rings. The minimum absolute atomic E-state index is 0.116. The molecule has 1 saturated heterocycles. The van der Waals surface area contributed by atoms with Crippen LogP contribution in [0.3, 0.4) is 0 Å². The summed E-state index contributed by atoms with van der Waals surface area (Å²) >= 11 is 0. The molecule has 1 fully saturated rings. The Labute approximate surface area is 148 Å². The van der Waals surface area contributed by atoms with E-state index in [4.69, 9.17) is 0 Å². The summed E-state index contributed by atoms with van der Waals surface area (Å²) in [6.45, 7) is 2.40. The van der Waals surface area contributed by atoms with Crippen LogP contribution in [-0.2, 0) is 25.8 Å². The van der Waals surface area contributed by atoms with Crippen molar-refractivity contribution in [3.63, 3.8) is 0 Å². The van der Waals surface area contributed by atoms with Gasteiger partial charge in [0.05, 0.1) is 17.2 Å². The van der Waals surface area contributed by atoms with E-state index in [0.29, 0.717) is 29.9 Å². The zero-order valence-corrected chi connectivity index (χ0v) is 15.5. The third-order valence-corrected chi connectivity index (χ3v) is 7.13. The van der Waals surface area contributed by atoms with Crippen LogP contribution in [0.4, 0.5) is 11.4 Å². The highest BCUT2D eigenvalue weighted by Crippen LogP contribution is 2.25. The standard InChI is InChI=1S/C17H20N2O4S2/c1-14-3-5-15(6-4-14)13-24(20,21)18-16-7-9-17(10-8-16)19-11-2-12-25(19,22)23/h3-10,18H,2,11-13H2,1H3. The Hall–Kier alpha value is -2.06. The number of sulfonamides is 2. The van der Waals surface area contributed by atoms with Crippen molar-refractivity contribution in [3.05, 3.63) is 59.7 Å². The molecular formula is C17H20N2O4S2. The van der Waals surface area contributed by atoms with Crippen LogP contribution in [-0.4, -0.2) is 29.1 Å². The summed E-state index contributed by atoms with van der Waals surface area (Å²) in [4.78, 5) is 0. The summed E-state index contributed by atoms with van der Waals surface area (Å²) in [5, 5.41) is 0. The largest absolute Gasteiger partial charge is 0.283 e. The fourth-order valence-electron chi connectivity index (χ4n) is 2.74. The lowest BCUT2D eigenvalue weighted by atomic mass is 10.2. The van der Waals surface area contributed by atoms with Crippen molar-refractivity contribution in [3.8, 4) is 0 Å². The number of nitrogens with zero attached hydrogens (tertiary/aromatic N) is 1. The molecule has 0 atom stereocenters. The van der Waals surface area contributed by atoms with Gasteiger partial charge in [-0.05, 0) is 43.2 Å². The number of nitrogens with one attached hydrogen (secondary N) is 1. The zero-order chi connectivity index (χ0) is 18.1. The second-order valence-electron chi connectivity index (χ2n) is 6.14. The molecule has 1 heterocycles. The molecule has 0 aliphatic carbocycles. The molecule has 25 heavy (non-hydrogen) atoms. The van der Waals surface area contributed by atoms with Gasteiger partial charge < -0.3 is 0 Å². The van der Waals surface area contributed by atoms with Crippen LogP contribution in [0.1, 0.15) is 17.5 Å². The van der Waals surface area contributed by atoms with Crippen molar-refractivity contribution in [1.29, 1.82) is 0 Å². The molecule has 2 aromatic carbocycles. The van der Waals surface area contributed by atoms with Gasteiger partial charge in [0.1, 0.15) is 0 Å². The van der Waals surface area contributed by atoms with Crippen LogP contribution < -0.4 is 9.03 Å². The second-order valence-corrected chi connectivity index (χ2v) is 9.87. The van der Waals surface area contributed by atoms with Crippen LogP contribution in [0.5, 0.6) is 0 Å². The number of hydrogen-bond acceptors (Lipinski definition) is 4. The quantitative estimate of drug-likeness (QED) is 0.864. The molecule has 0 saturated carbocycles. The monoisotopic (exact) mass is 380 g/mol. The molecule has 0 spiro atoms. The van der Waals surface area contributed by atoms with E-state index in [1.165, 1.54) is 4.31 Å². The van der Waals surface area contributed by atoms with E-state index in [-0.39, 0.29) is 11.5 Å². The maximum atomic E-state index is 12.3. The predicted molar refractivity (Wildman–Crippen MR) is 99.6 cm³/mol. The van der Waals surface area contributed by atoms with Crippen LogP contribution in [0.25, 0.3) is 0 Å². The topological polar surface area (TPSA) is 83.6 Å². The van der Waals surface area contributed by atoms with Gasteiger partial charge in [0.25, 0.3) is 0 Å². The predicted octanol–water partition coefficient (Wildman–Crippen LogP) is 2.48. The van der Waals surface area contributed by atoms with Gasteiger partial charge in [-0.1, -0.05) is 29.8 Å². The highest BCUT2D eigenvalue weighted by molar-refractivity contribution is 7.93. The highest BCUT2D eigenvalue weighted by Gasteiger charge is 2.28. The molecule has 0 unspecified atom stereocenters. The summed E-state index contributed by atoms with van der Waals surface area (Å²) in [7, 11) is -6.77. The third kappa shape index (κ3) is 4.32. The maximum Gasteiger partial charge on any atom is 0.236 e. The first kappa shape index (κ1) is 17.8. The average Bonchev–Trinajstić information content (AvgIpc) is 2.89. The first-order valence-electron chi connectivity index (χ1n) is 7.92. The molecule has 3 rings (SSSR count). The van der Waals surface area contributed by atoms with Gasteiger partial charge in [-0.3, -0.25) is 9.03 Å². The van der Waals surface area contributed by atoms with Crippen LogP contribution >= 0.6 is 0 Å². The molecule has 134 valence electrons. The normalized spacial score (nSPS) is 16.8. The lowest BCUT2D eigenvalue weighted by Gasteiger charge is -2.17. The first-order valence-corrected chi connectivity index (χ1v) is 11.2. The minimum Gasteiger partial charge on any atom is -0.283 e. The fraction of sp³-hybridized carbons (Fsp3) is 0.294. The van der Waals surface area contributed by atoms with Gasteiger partial charge in [0.2, 0.25) is 20.0 Å². The van der Waals surface area contributed by atoms with Crippen molar-refractivity contribution in [2.75, 3.05) is 21.3 Å². The minimum atomic E-state index is -3.54. The number of aryl methyl sites for hydroxylation is 1. The van der Waals surface area contributed by atoms with E-state index in [1.807, 2.05) is 19.1 Å². The van der Waals surface area contributed by atoms with Crippen molar-refractivity contribution >= 4 is 31.4 Å². The number of anilines is 2. The summed E-state index contributed by atoms with van der Waals surface area (Å²) in [6.07, 6.45) is 0.604. The van der Waals surface area contributed by atoms with E-state index in [2.05, 4.69) is 4.72 Å². The molecule has 0 bridgehead atoms. The molecule has 1 aliphatic heterocycles. The Morgan fingerprint density at radius 3 is 2.24 bits per heavy atom. The van der Waals surface area contributed by atoms with Crippen LogP contribution in [0, 0.1) is 6.92 Å². The molecule has 6 nitrogen and oxygen atoms in total. The number of hydrogen-bond donors (Lipinski definition) is 1. The van der Waals surface area contributed by atoms with E-state index in [9.17, 15) is 16.8 Å².